The highest BCUT2D eigenvalue weighted by Crippen LogP contribution is 2.28. The van der Waals surface area contributed by atoms with Gasteiger partial charge in [0.05, 0.1) is 21.7 Å². The Morgan fingerprint density at radius 3 is 2.43 bits per heavy atom. The second kappa shape index (κ2) is 9.37. The number of ether oxygens (including phenoxy) is 1. The minimum absolute atomic E-state index is 0.307. The molecule has 0 aliphatic rings. The Balaban J connectivity index is 1.80. The second-order valence-electron chi connectivity index (χ2n) is 5.90. The molecule has 0 heterocycles. The molecule has 0 saturated heterocycles. The molecule has 3 aromatic carbocycles. The molecule has 0 aromatic heterocycles. The highest BCUT2D eigenvalue weighted by molar-refractivity contribution is 6.42. The maximum atomic E-state index is 9.52. The van der Waals surface area contributed by atoms with E-state index in [-0.39, 0.29) is 0 Å². The summed E-state index contributed by atoms with van der Waals surface area (Å²) >= 11 is 24.1. The quantitative estimate of drug-likeness (QED) is 0.293. The zero-order valence-corrected chi connectivity index (χ0v) is 17.4. The van der Waals surface area contributed by atoms with Gasteiger partial charge in [0.15, 0.2) is 0 Å². The maximum absolute atomic E-state index is 9.52. The molecule has 0 atom stereocenters. The zero-order chi connectivity index (χ0) is 20.1. The van der Waals surface area contributed by atoms with E-state index in [1.165, 1.54) is 0 Å². The molecule has 28 heavy (non-hydrogen) atoms. The van der Waals surface area contributed by atoms with Crippen LogP contribution in [0.5, 0.6) is 5.75 Å². The lowest BCUT2D eigenvalue weighted by molar-refractivity contribution is 0.306. The van der Waals surface area contributed by atoms with Crippen LogP contribution < -0.4 is 4.74 Å². The predicted octanol–water partition coefficient (Wildman–Crippen LogP) is 7.94. The summed E-state index contributed by atoms with van der Waals surface area (Å²) in [4.78, 5) is 0. The average Bonchev–Trinajstić information content (AvgIpc) is 2.68. The molecule has 0 aliphatic heterocycles. The molecule has 0 N–H and O–H groups in total. The van der Waals surface area contributed by atoms with Crippen molar-refractivity contribution < 1.29 is 4.74 Å². The number of rotatable bonds is 5. The smallest absolute Gasteiger partial charge is 0.120 e. The molecular formula is C22H13Cl4NO. The van der Waals surface area contributed by atoms with Crippen molar-refractivity contribution in [2.75, 3.05) is 0 Å². The summed E-state index contributed by atoms with van der Waals surface area (Å²) in [6.45, 7) is 0.307. The van der Waals surface area contributed by atoms with Crippen LogP contribution in [0.1, 0.15) is 16.7 Å². The van der Waals surface area contributed by atoms with E-state index in [1.807, 2.05) is 30.3 Å². The first-order chi connectivity index (χ1) is 13.5. The minimum atomic E-state index is 0.307. The molecule has 0 unspecified atom stereocenters. The number of nitriles is 1. The van der Waals surface area contributed by atoms with Crippen LogP contribution in [0.3, 0.4) is 0 Å². The highest BCUT2D eigenvalue weighted by atomic mass is 35.5. The van der Waals surface area contributed by atoms with Crippen molar-refractivity contribution in [2.24, 2.45) is 0 Å². The molecule has 0 radical (unpaired) electrons. The molecule has 2 nitrogen and oxygen atoms in total. The fourth-order valence-electron chi connectivity index (χ4n) is 2.50. The summed E-state index contributed by atoms with van der Waals surface area (Å²) in [5.41, 5.74) is 2.82. The van der Waals surface area contributed by atoms with Gasteiger partial charge in [-0.05, 0) is 53.6 Å². The van der Waals surface area contributed by atoms with E-state index < -0.39 is 0 Å². The number of hydrogen-bond acceptors (Lipinski definition) is 2. The number of nitrogens with zero attached hydrogens (tertiary/aromatic N) is 1. The van der Waals surface area contributed by atoms with Crippen LogP contribution >= 0.6 is 46.4 Å². The van der Waals surface area contributed by atoms with Gasteiger partial charge in [0.2, 0.25) is 0 Å². The van der Waals surface area contributed by atoms with Crippen molar-refractivity contribution in [2.45, 2.75) is 6.61 Å². The molecule has 0 amide bonds. The molecule has 140 valence electrons. The van der Waals surface area contributed by atoms with Gasteiger partial charge in [-0.3, -0.25) is 0 Å². The third kappa shape index (κ3) is 5.22. The fourth-order valence-corrected chi connectivity index (χ4v) is 3.27. The molecule has 3 aromatic rings. The topological polar surface area (TPSA) is 33.0 Å². The van der Waals surface area contributed by atoms with Gasteiger partial charge in [-0.2, -0.15) is 5.26 Å². The summed E-state index contributed by atoms with van der Waals surface area (Å²) in [6, 6.07) is 20.0. The molecule has 0 aliphatic carbocycles. The number of benzene rings is 3. The van der Waals surface area contributed by atoms with Crippen molar-refractivity contribution >= 4 is 58.1 Å². The van der Waals surface area contributed by atoms with Crippen molar-refractivity contribution in [1.29, 1.82) is 5.26 Å². The summed E-state index contributed by atoms with van der Waals surface area (Å²) in [6.07, 6.45) is 1.77. The van der Waals surface area contributed by atoms with Gasteiger partial charge in [0.1, 0.15) is 12.4 Å². The second-order valence-corrected chi connectivity index (χ2v) is 7.55. The number of hydrogen-bond donors (Lipinski definition) is 0. The SMILES string of the molecule is N#C/C(=C/c1cccc(OCc2ccc(Cl)cc2Cl)c1)c1ccc(Cl)c(Cl)c1. The van der Waals surface area contributed by atoms with E-state index in [4.69, 9.17) is 51.1 Å². The maximum Gasteiger partial charge on any atom is 0.120 e. The van der Waals surface area contributed by atoms with Gasteiger partial charge in [0, 0.05) is 15.6 Å². The Morgan fingerprint density at radius 2 is 1.71 bits per heavy atom. The molecule has 0 spiro atoms. The largest absolute Gasteiger partial charge is 0.489 e. The first kappa shape index (κ1) is 20.6. The van der Waals surface area contributed by atoms with Gasteiger partial charge in [-0.1, -0.05) is 70.7 Å². The Morgan fingerprint density at radius 1 is 0.893 bits per heavy atom. The molecule has 0 bridgehead atoms. The molecular weight excluding hydrogens is 436 g/mol. The van der Waals surface area contributed by atoms with Crippen LogP contribution in [0.15, 0.2) is 60.7 Å². The van der Waals surface area contributed by atoms with Crippen LogP contribution in [0.25, 0.3) is 11.6 Å². The lowest BCUT2D eigenvalue weighted by Crippen LogP contribution is -1.96. The summed E-state index contributed by atoms with van der Waals surface area (Å²) in [7, 11) is 0. The molecule has 0 saturated carbocycles. The van der Waals surface area contributed by atoms with E-state index in [0.717, 1.165) is 11.1 Å². The van der Waals surface area contributed by atoms with Crippen LogP contribution in [0.4, 0.5) is 0 Å². The van der Waals surface area contributed by atoms with Gasteiger partial charge < -0.3 is 4.74 Å². The average molecular weight is 449 g/mol. The number of allylic oxidation sites excluding steroid dienone is 1. The van der Waals surface area contributed by atoms with E-state index in [2.05, 4.69) is 6.07 Å². The Labute approximate surface area is 183 Å². The van der Waals surface area contributed by atoms with Crippen molar-refractivity contribution in [1.82, 2.24) is 0 Å². The molecule has 6 heteroatoms. The lowest BCUT2D eigenvalue weighted by atomic mass is 10.0. The van der Waals surface area contributed by atoms with Crippen LogP contribution in [-0.2, 0) is 6.61 Å². The van der Waals surface area contributed by atoms with Crippen LogP contribution in [0.2, 0.25) is 20.1 Å². The van der Waals surface area contributed by atoms with E-state index in [1.54, 1.807) is 36.4 Å². The monoisotopic (exact) mass is 447 g/mol. The summed E-state index contributed by atoms with van der Waals surface area (Å²) in [5.74, 6) is 0.659. The Hall–Kier alpha value is -2.15. The zero-order valence-electron chi connectivity index (χ0n) is 14.4. The third-order valence-corrected chi connectivity index (χ3v) is 5.26. The van der Waals surface area contributed by atoms with Gasteiger partial charge in [-0.25, -0.2) is 0 Å². The predicted molar refractivity (Wildman–Crippen MR) is 117 cm³/mol. The highest BCUT2D eigenvalue weighted by Gasteiger charge is 2.06. The van der Waals surface area contributed by atoms with Crippen LogP contribution in [0, 0.1) is 11.3 Å². The Bertz CT molecular complexity index is 1090. The van der Waals surface area contributed by atoms with Crippen molar-refractivity contribution in [3.05, 3.63) is 97.4 Å². The molecule has 0 fully saturated rings. The van der Waals surface area contributed by atoms with Crippen molar-refractivity contribution in [3.63, 3.8) is 0 Å². The standard InChI is InChI=1S/C22H13Cl4NO/c23-18-6-4-16(21(25)11-18)13-28-19-3-1-2-14(9-19)8-17(12-27)15-5-7-20(24)22(26)10-15/h1-11H,13H2/b17-8-. The fraction of sp³-hybridized carbons (Fsp3) is 0.0455. The Kier molecular flexibility index (Phi) is 6.88. The van der Waals surface area contributed by atoms with Crippen molar-refractivity contribution in [3.8, 4) is 11.8 Å². The minimum Gasteiger partial charge on any atom is -0.489 e. The van der Waals surface area contributed by atoms with E-state index >= 15 is 0 Å². The van der Waals surface area contributed by atoms with E-state index in [9.17, 15) is 5.26 Å². The van der Waals surface area contributed by atoms with Gasteiger partial charge in [0.25, 0.3) is 0 Å². The third-order valence-electron chi connectivity index (χ3n) is 3.93. The van der Waals surface area contributed by atoms with Gasteiger partial charge in [-0.15, -0.1) is 0 Å². The lowest BCUT2D eigenvalue weighted by Gasteiger charge is -2.09. The first-order valence-corrected chi connectivity index (χ1v) is 9.71. The summed E-state index contributed by atoms with van der Waals surface area (Å²) in [5, 5.41) is 11.5. The molecule has 3 rings (SSSR count). The normalized spacial score (nSPS) is 11.2. The first-order valence-electron chi connectivity index (χ1n) is 8.20. The van der Waals surface area contributed by atoms with E-state index in [0.29, 0.717) is 43.6 Å². The van der Waals surface area contributed by atoms with Crippen LogP contribution in [-0.4, -0.2) is 0 Å². The number of halogens is 4. The summed E-state index contributed by atoms with van der Waals surface area (Å²) < 4.78 is 5.83. The van der Waals surface area contributed by atoms with Gasteiger partial charge >= 0.3 is 0 Å².